The van der Waals surface area contributed by atoms with E-state index in [0.717, 1.165) is 11.1 Å². The molecule has 1 amide bonds. The van der Waals surface area contributed by atoms with Crippen LogP contribution >= 0.6 is 0 Å². The highest BCUT2D eigenvalue weighted by atomic mass is 16.5. The molecule has 0 aliphatic heterocycles. The number of amides is 1. The molecule has 3 aromatic carbocycles. The molecular formula is C24H21N3O3. The van der Waals surface area contributed by atoms with E-state index in [9.17, 15) is 4.79 Å². The zero-order valence-corrected chi connectivity index (χ0v) is 16.5. The molecule has 0 saturated carbocycles. The van der Waals surface area contributed by atoms with Crippen LogP contribution in [0.4, 0.5) is 0 Å². The molecule has 30 heavy (non-hydrogen) atoms. The van der Waals surface area contributed by atoms with E-state index < -0.39 is 0 Å². The van der Waals surface area contributed by atoms with E-state index in [0.29, 0.717) is 29.6 Å². The number of para-hydroxylation sites is 1. The zero-order valence-electron chi connectivity index (χ0n) is 16.5. The fraction of sp³-hybridized carbons (Fsp3) is 0.125. The Balaban J connectivity index is 1.40. The van der Waals surface area contributed by atoms with Gasteiger partial charge in [0.2, 0.25) is 5.82 Å². The first-order valence-corrected chi connectivity index (χ1v) is 9.62. The predicted molar refractivity (Wildman–Crippen MR) is 114 cm³/mol. The van der Waals surface area contributed by atoms with Gasteiger partial charge in [-0.2, -0.15) is 4.98 Å². The van der Waals surface area contributed by atoms with Crippen molar-refractivity contribution in [2.24, 2.45) is 0 Å². The molecule has 4 rings (SSSR count). The molecule has 4 aromatic rings. The van der Waals surface area contributed by atoms with Gasteiger partial charge < -0.3 is 14.6 Å². The molecule has 0 bridgehead atoms. The molecule has 1 heterocycles. The Labute approximate surface area is 174 Å². The van der Waals surface area contributed by atoms with Crippen molar-refractivity contribution in [3.05, 3.63) is 90.0 Å². The highest BCUT2D eigenvalue weighted by Gasteiger charge is 2.15. The van der Waals surface area contributed by atoms with Crippen LogP contribution in [0.2, 0.25) is 0 Å². The predicted octanol–water partition coefficient (Wildman–Crippen LogP) is 4.41. The number of aryl methyl sites for hydroxylation is 1. The first-order chi connectivity index (χ1) is 14.7. The Morgan fingerprint density at radius 3 is 2.50 bits per heavy atom. The lowest BCUT2D eigenvalue weighted by molar-refractivity contribution is -0.123. The van der Waals surface area contributed by atoms with Crippen molar-refractivity contribution in [3.8, 4) is 28.6 Å². The Bertz CT molecular complexity index is 1120. The van der Waals surface area contributed by atoms with Gasteiger partial charge >= 0.3 is 0 Å². The average Bonchev–Trinajstić information content (AvgIpc) is 3.28. The normalized spacial score (nSPS) is 10.6. The number of hydrogen-bond donors (Lipinski definition) is 1. The molecule has 0 aliphatic carbocycles. The zero-order chi connectivity index (χ0) is 20.8. The van der Waals surface area contributed by atoms with Gasteiger partial charge in [-0.1, -0.05) is 77.5 Å². The topological polar surface area (TPSA) is 77.2 Å². The van der Waals surface area contributed by atoms with E-state index in [1.807, 2.05) is 79.7 Å². The van der Waals surface area contributed by atoms with Gasteiger partial charge in [0.25, 0.3) is 11.8 Å². The van der Waals surface area contributed by atoms with Gasteiger partial charge in [0.15, 0.2) is 6.61 Å². The first-order valence-electron chi connectivity index (χ1n) is 9.62. The van der Waals surface area contributed by atoms with Crippen LogP contribution in [0.15, 0.2) is 83.4 Å². The highest BCUT2D eigenvalue weighted by Crippen LogP contribution is 2.30. The lowest BCUT2D eigenvalue weighted by Crippen LogP contribution is -2.28. The second kappa shape index (κ2) is 9.05. The fourth-order valence-corrected chi connectivity index (χ4v) is 2.91. The number of rotatable bonds is 7. The van der Waals surface area contributed by atoms with E-state index in [-0.39, 0.29) is 12.5 Å². The third-order valence-corrected chi connectivity index (χ3v) is 4.54. The van der Waals surface area contributed by atoms with Crippen molar-refractivity contribution < 1.29 is 14.1 Å². The first kappa shape index (κ1) is 19.4. The summed E-state index contributed by atoms with van der Waals surface area (Å²) in [6.45, 7) is 2.37. The number of nitrogens with zero attached hydrogens (tertiary/aromatic N) is 2. The summed E-state index contributed by atoms with van der Waals surface area (Å²) in [5, 5.41) is 6.91. The molecule has 0 spiro atoms. The van der Waals surface area contributed by atoms with E-state index in [4.69, 9.17) is 9.26 Å². The molecule has 6 heteroatoms. The Hall–Kier alpha value is -3.93. The summed E-state index contributed by atoms with van der Waals surface area (Å²) in [7, 11) is 0. The summed E-state index contributed by atoms with van der Waals surface area (Å²) in [6, 6.07) is 24.9. The monoisotopic (exact) mass is 399 g/mol. The maximum absolute atomic E-state index is 12.2. The Morgan fingerprint density at radius 2 is 1.70 bits per heavy atom. The Morgan fingerprint density at radius 1 is 0.967 bits per heavy atom. The quantitative estimate of drug-likeness (QED) is 0.498. The van der Waals surface area contributed by atoms with Crippen LogP contribution in [0.25, 0.3) is 22.8 Å². The molecule has 1 aromatic heterocycles. The third kappa shape index (κ3) is 4.72. The minimum atomic E-state index is -0.208. The summed E-state index contributed by atoms with van der Waals surface area (Å²) in [5.74, 6) is 1.13. The molecule has 150 valence electrons. The van der Waals surface area contributed by atoms with Crippen LogP contribution in [-0.2, 0) is 11.3 Å². The van der Waals surface area contributed by atoms with Gasteiger partial charge in [-0.15, -0.1) is 0 Å². The number of nitrogens with one attached hydrogen (secondary N) is 1. The molecule has 0 fully saturated rings. The second-order valence-electron chi connectivity index (χ2n) is 6.84. The van der Waals surface area contributed by atoms with Crippen molar-refractivity contribution in [3.63, 3.8) is 0 Å². The minimum Gasteiger partial charge on any atom is -0.483 e. The van der Waals surface area contributed by atoms with Crippen LogP contribution in [0.5, 0.6) is 5.75 Å². The lowest BCUT2D eigenvalue weighted by atomic mass is 10.1. The highest BCUT2D eigenvalue weighted by molar-refractivity contribution is 5.78. The molecule has 0 saturated heterocycles. The molecule has 0 unspecified atom stereocenters. The van der Waals surface area contributed by atoms with Crippen LogP contribution in [0.1, 0.15) is 11.1 Å². The fourth-order valence-electron chi connectivity index (χ4n) is 2.91. The number of carbonyl (C=O) groups excluding carboxylic acids is 1. The summed E-state index contributed by atoms with van der Waals surface area (Å²) in [6.07, 6.45) is 0. The number of ether oxygens (including phenoxy) is 1. The van der Waals surface area contributed by atoms with E-state index in [1.54, 1.807) is 6.07 Å². The van der Waals surface area contributed by atoms with Crippen molar-refractivity contribution in [2.45, 2.75) is 13.5 Å². The van der Waals surface area contributed by atoms with Gasteiger partial charge in [-0.3, -0.25) is 4.79 Å². The molecule has 1 N–H and O–H groups in total. The molecule has 0 radical (unpaired) electrons. The largest absolute Gasteiger partial charge is 0.483 e. The maximum atomic E-state index is 12.2. The van der Waals surface area contributed by atoms with E-state index in [1.165, 1.54) is 5.56 Å². The third-order valence-electron chi connectivity index (χ3n) is 4.54. The molecule has 0 atom stereocenters. The summed E-state index contributed by atoms with van der Waals surface area (Å²) in [4.78, 5) is 16.7. The Kier molecular flexibility index (Phi) is 5.85. The number of carbonyl (C=O) groups is 1. The molecule has 0 aliphatic rings. The van der Waals surface area contributed by atoms with Gasteiger partial charge in [-0.05, 0) is 24.6 Å². The number of benzene rings is 3. The van der Waals surface area contributed by atoms with Crippen LogP contribution in [0, 0.1) is 6.92 Å². The van der Waals surface area contributed by atoms with E-state index in [2.05, 4.69) is 15.5 Å². The van der Waals surface area contributed by atoms with E-state index >= 15 is 0 Å². The van der Waals surface area contributed by atoms with Crippen molar-refractivity contribution in [1.82, 2.24) is 15.5 Å². The average molecular weight is 399 g/mol. The van der Waals surface area contributed by atoms with Crippen molar-refractivity contribution in [1.29, 1.82) is 0 Å². The number of aromatic nitrogens is 2. The maximum Gasteiger partial charge on any atom is 0.262 e. The standard InChI is InChI=1S/C24H21N3O3/c1-17-11-13-18(14-12-17)15-25-22(28)16-29-21-10-6-5-9-20(21)24-26-23(27-30-24)19-7-3-2-4-8-19/h2-14H,15-16H2,1H3,(H,25,28). The summed E-state index contributed by atoms with van der Waals surface area (Å²) >= 11 is 0. The molecular weight excluding hydrogens is 378 g/mol. The van der Waals surface area contributed by atoms with Crippen molar-refractivity contribution >= 4 is 5.91 Å². The van der Waals surface area contributed by atoms with Crippen LogP contribution < -0.4 is 10.1 Å². The van der Waals surface area contributed by atoms with Gasteiger partial charge in [0, 0.05) is 12.1 Å². The number of hydrogen-bond acceptors (Lipinski definition) is 5. The van der Waals surface area contributed by atoms with Crippen LogP contribution in [-0.4, -0.2) is 22.7 Å². The van der Waals surface area contributed by atoms with Gasteiger partial charge in [0.1, 0.15) is 5.75 Å². The smallest absolute Gasteiger partial charge is 0.262 e. The summed E-state index contributed by atoms with van der Waals surface area (Å²) in [5.41, 5.74) is 3.72. The van der Waals surface area contributed by atoms with Crippen LogP contribution in [0.3, 0.4) is 0 Å². The molecule has 6 nitrogen and oxygen atoms in total. The second-order valence-corrected chi connectivity index (χ2v) is 6.84. The summed E-state index contributed by atoms with van der Waals surface area (Å²) < 4.78 is 11.2. The minimum absolute atomic E-state index is 0.109. The van der Waals surface area contributed by atoms with Crippen molar-refractivity contribution in [2.75, 3.05) is 6.61 Å². The van der Waals surface area contributed by atoms with Gasteiger partial charge in [0.05, 0.1) is 5.56 Å². The lowest BCUT2D eigenvalue weighted by Gasteiger charge is -2.10. The SMILES string of the molecule is Cc1ccc(CNC(=O)COc2ccccc2-c2nc(-c3ccccc3)no2)cc1. The van der Waals surface area contributed by atoms with Gasteiger partial charge in [-0.25, -0.2) is 0 Å².